The first kappa shape index (κ1) is 17.6. The van der Waals surface area contributed by atoms with Crippen molar-refractivity contribution in [3.8, 4) is 11.4 Å². The van der Waals surface area contributed by atoms with Crippen LogP contribution in [0.25, 0.3) is 17.0 Å². The molecule has 2 aromatic rings. The topological polar surface area (TPSA) is 62.2 Å². The first-order chi connectivity index (χ1) is 12.2. The van der Waals surface area contributed by atoms with Crippen LogP contribution in [-0.4, -0.2) is 29.0 Å². The minimum Gasteiger partial charge on any atom is -0.356 e. The minimum absolute atomic E-state index is 0.797. The SMILES string of the molecule is C=C(C)/C=C(\C=C/C)c1nc(-c2csc(NC3=NCCCN3)n2)cs1. The summed E-state index contributed by atoms with van der Waals surface area (Å²) in [4.78, 5) is 13.8. The van der Waals surface area contributed by atoms with Gasteiger partial charge >= 0.3 is 0 Å². The van der Waals surface area contributed by atoms with Crippen LogP contribution in [-0.2, 0) is 0 Å². The second-order valence-corrected chi connectivity index (χ2v) is 7.37. The fourth-order valence-electron chi connectivity index (χ4n) is 2.32. The average Bonchev–Trinajstić information content (AvgIpc) is 3.24. The van der Waals surface area contributed by atoms with Crippen LogP contribution in [0.2, 0.25) is 0 Å². The second-order valence-electron chi connectivity index (χ2n) is 5.66. The molecule has 0 saturated carbocycles. The average molecular weight is 372 g/mol. The van der Waals surface area contributed by atoms with Gasteiger partial charge in [0.05, 0.1) is 0 Å². The maximum Gasteiger partial charge on any atom is 0.197 e. The molecule has 0 aliphatic carbocycles. The molecule has 3 heterocycles. The van der Waals surface area contributed by atoms with Crippen LogP contribution in [0.15, 0.2) is 46.1 Å². The summed E-state index contributed by atoms with van der Waals surface area (Å²) in [6.07, 6.45) is 7.18. The van der Waals surface area contributed by atoms with E-state index in [4.69, 9.17) is 4.98 Å². The quantitative estimate of drug-likeness (QED) is 0.756. The Morgan fingerprint density at radius 3 is 2.80 bits per heavy atom. The molecule has 0 bridgehead atoms. The Balaban J connectivity index is 1.78. The summed E-state index contributed by atoms with van der Waals surface area (Å²) in [6, 6.07) is 0. The fourth-order valence-corrected chi connectivity index (χ4v) is 3.83. The van der Waals surface area contributed by atoms with Crippen molar-refractivity contribution in [1.29, 1.82) is 0 Å². The molecule has 1 aliphatic rings. The van der Waals surface area contributed by atoms with E-state index in [2.05, 4.69) is 33.3 Å². The van der Waals surface area contributed by atoms with Crippen LogP contribution in [0.4, 0.5) is 5.13 Å². The highest BCUT2D eigenvalue weighted by Crippen LogP contribution is 2.29. The lowest BCUT2D eigenvalue weighted by Crippen LogP contribution is -2.35. The minimum atomic E-state index is 0.797. The normalized spacial score (nSPS) is 15.1. The largest absolute Gasteiger partial charge is 0.356 e. The molecule has 0 radical (unpaired) electrons. The van der Waals surface area contributed by atoms with E-state index in [0.29, 0.717) is 0 Å². The molecule has 0 atom stereocenters. The molecule has 5 nitrogen and oxygen atoms in total. The fraction of sp³-hybridized carbons (Fsp3) is 0.278. The van der Waals surface area contributed by atoms with Crippen molar-refractivity contribution in [2.75, 3.05) is 18.4 Å². The lowest BCUT2D eigenvalue weighted by Gasteiger charge is -2.13. The number of nitrogens with zero attached hydrogens (tertiary/aromatic N) is 3. The molecule has 7 heteroatoms. The Labute approximate surface area is 156 Å². The Hall–Kier alpha value is -2.25. The zero-order valence-corrected chi connectivity index (χ0v) is 16.0. The highest BCUT2D eigenvalue weighted by Gasteiger charge is 2.12. The maximum absolute atomic E-state index is 4.74. The molecule has 130 valence electrons. The number of allylic oxidation sites excluding steroid dienone is 5. The van der Waals surface area contributed by atoms with Crippen LogP contribution in [0.1, 0.15) is 25.3 Å². The summed E-state index contributed by atoms with van der Waals surface area (Å²) in [5.74, 6) is 0.797. The standard InChI is InChI=1S/C18H21N5S2/c1-4-6-13(9-12(2)3)16-21-14(10-24-16)15-11-25-18(22-15)23-17-19-7-5-8-20-17/h4,6,9-11H,2,5,7-8H2,1,3H3,(H2,19,20,22,23)/b6-4-,13-9+. The van der Waals surface area contributed by atoms with Crippen molar-refractivity contribution in [3.05, 3.63) is 46.1 Å². The highest BCUT2D eigenvalue weighted by atomic mass is 32.1. The number of nitrogens with one attached hydrogen (secondary N) is 2. The van der Waals surface area contributed by atoms with Crippen LogP contribution in [0, 0.1) is 0 Å². The number of aromatic nitrogens is 2. The number of guanidine groups is 1. The van der Waals surface area contributed by atoms with E-state index < -0.39 is 0 Å². The van der Waals surface area contributed by atoms with Gasteiger partial charge in [0.2, 0.25) is 0 Å². The summed E-state index contributed by atoms with van der Waals surface area (Å²) >= 11 is 3.17. The molecule has 0 unspecified atom stereocenters. The van der Waals surface area contributed by atoms with Gasteiger partial charge in [-0.05, 0) is 26.3 Å². The molecule has 2 aromatic heterocycles. The molecule has 0 spiro atoms. The van der Waals surface area contributed by atoms with Gasteiger partial charge in [-0.1, -0.05) is 24.3 Å². The van der Waals surface area contributed by atoms with Crippen LogP contribution in [0.5, 0.6) is 0 Å². The third kappa shape index (κ3) is 4.64. The number of hydrogen-bond donors (Lipinski definition) is 2. The third-order valence-electron chi connectivity index (χ3n) is 3.39. The van der Waals surface area contributed by atoms with Gasteiger partial charge in [-0.15, -0.1) is 22.7 Å². The number of aliphatic imine (C=N–C) groups is 1. The smallest absolute Gasteiger partial charge is 0.197 e. The van der Waals surface area contributed by atoms with Crippen molar-refractivity contribution in [1.82, 2.24) is 15.3 Å². The summed E-state index contributed by atoms with van der Waals surface area (Å²) in [5.41, 5.74) is 3.84. The summed E-state index contributed by atoms with van der Waals surface area (Å²) in [6.45, 7) is 9.74. The Morgan fingerprint density at radius 2 is 2.08 bits per heavy atom. The van der Waals surface area contributed by atoms with E-state index in [0.717, 1.165) is 58.1 Å². The second kappa shape index (κ2) is 8.22. The van der Waals surface area contributed by atoms with Crippen LogP contribution in [0.3, 0.4) is 0 Å². The molecule has 0 amide bonds. The molecule has 0 aromatic carbocycles. The van der Waals surface area contributed by atoms with E-state index >= 15 is 0 Å². The zero-order valence-electron chi connectivity index (χ0n) is 14.4. The van der Waals surface area contributed by atoms with Crippen molar-refractivity contribution in [2.24, 2.45) is 4.99 Å². The van der Waals surface area contributed by atoms with E-state index in [1.165, 1.54) is 0 Å². The Kier molecular flexibility index (Phi) is 5.78. The molecule has 0 fully saturated rings. The van der Waals surface area contributed by atoms with Crippen molar-refractivity contribution in [3.63, 3.8) is 0 Å². The molecular formula is C18H21N5S2. The Bertz CT molecular complexity index is 841. The van der Waals surface area contributed by atoms with Gasteiger partial charge in [0.25, 0.3) is 0 Å². The first-order valence-corrected chi connectivity index (χ1v) is 9.88. The van der Waals surface area contributed by atoms with Crippen molar-refractivity contribution in [2.45, 2.75) is 20.3 Å². The maximum atomic E-state index is 4.74. The molecule has 3 rings (SSSR count). The van der Waals surface area contributed by atoms with Gasteiger partial charge in [0, 0.05) is 29.4 Å². The molecule has 1 aliphatic heterocycles. The number of thiazole rings is 2. The highest BCUT2D eigenvalue weighted by molar-refractivity contribution is 7.14. The molecule has 2 N–H and O–H groups in total. The number of anilines is 1. The first-order valence-electron chi connectivity index (χ1n) is 8.13. The van der Waals surface area contributed by atoms with Gasteiger partial charge < -0.3 is 10.6 Å². The van der Waals surface area contributed by atoms with Gasteiger partial charge in [-0.2, -0.15) is 0 Å². The molecule has 0 saturated heterocycles. The monoisotopic (exact) mass is 371 g/mol. The van der Waals surface area contributed by atoms with E-state index in [-0.39, 0.29) is 0 Å². The van der Waals surface area contributed by atoms with Gasteiger partial charge in [-0.25, -0.2) is 9.97 Å². The zero-order chi connectivity index (χ0) is 17.6. The Morgan fingerprint density at radius 1 is 1.28 bits per heavy atom. The summed E-state index contributed by atoms with van der Waals surface area (Å²) < 4.78 is 0. The van der Waals surface area contributed by atoms with Crippen LogP contribution < -0.4 is 10.6 Å². The predicted octanol–water partition coefficient (Wildman–Crippen LogP) is 4.56. The van der Waals surface area contributed by atoms with Crippen LogP contribution >= 0.6 is 22.7 Å². The van der Waals surface area contributed by atoms with Gasteiger partial charge in [-0.3, -0.25) is 4.99 Å². The summed E-state index contributed by atoms with van der Waals surface area (Å²) in [7, 11) is 0. The van der Waals surface area contributed by atoms with Gasteiger partial charge in [0.1, 0.15) is 16.4 Å². The molecular weight excluding hydrogens is 350 g/mol. The lowest BCUT2D eigenvalue weighted by molar-refractivity contribution is 0.740. The van der Waals surface area contributed by atoms with Gasteiger partial charge in [0.15, 0.2) is 11.1 Å². The molecule has 25 heavy (non-hydrogen) atoms. The van der Waals surface area contributed by atoms with E-state index in [1.807, 2.05) is 36.8 Å². The predicted molar refractivity (Wildman–Crippen MR) is 109 cm³/mol. The number of rotatable bonds is 5. The van der Waals surface area contributed by atoms with E-state index in [1.54, 1.807) is 22.7 Å². The van der Waals surface area contributed by atoms with Crippen molar-refractivity contribution < 1.29 is 0 Å². The lowest BCUT2D eigenvalue weighted by atomic mass is 10.2. The third-order valence-corrected chi connectivity index (χ3v) is 5.04. The number of hydrogen-bond acceptors (Lipinski definition) is 7. The van der Waals surface area contributed by atoms with E-state index in [9.17, 15) is 0 Å². The van der Waals surface area contributed by atoms with Crippen molar-refractivity contribution >= 4 is 39.3 Å². The summed E-state index contributed by atoms with van der Waals surface area (Å²) in [5, 5.41) is 12.3.